The molecule has 8 nitrogen and oxygen atoms in total. The first-order valence-corrected chi connectivity index (χ1v) is 9.61. The molecule has 0 radical (unpaired) electrons. The van der Waals surface area contributed by atoms with Crippen molar-refractivity contribution >= 4 is 23.0 Å². The zero-order valence-electron chi connectivity index (χ0n) is 17.3. The number of hydrogen-bond donors (Lipinski definition) is 1. The molecular weight excluding hydrogens is 398 g/mol. The molecule has 0 saturated heterocycles. The first-order chi connectivity index (χ1) is 15.0. The summed E-state index contributed by atoms with van der Waals surface area (Å²) in [5.74, 6) is 0.321. The molecule has 8 heteroatoms. The van der Waals surface area contributed by atoms with E-state index in [0.29, 0.717) is 22.7 Å². The van der Waals surface area contributed by atoms with Gasteiger partial charge in [-0.15, -0.1) is 0 Å². The summed E-state index contributed by atoms with van der Waals surface area (Å²) in [5, 5.41) is 15.3. The normalized spacial score (nSPS) is 15.1. The number of para-hydroxylation sites is 2. The molecule has 0 spiro atoms. The van der Waals surface area contributed by atoms with Crippen LogP contribution in [-0.2, 0) is 0 Å². The molecule has 31 heavy (non-hydrogen) atoms. The maximum absolute atomic E-state index is 13.6. The van der Waals surface area contributed by atoms with E-state index in [1.807, 2.05) is 37.3 Å². The predicted octanol–water partition coefficient (Wildman–Crippen LogP) is 4.69. The van der Waals surface area contributed by atoms with E-state index in [-0.39, 0.29) is 22.9 Å². The molecule has 0 aliphatic carbocycles. The van der Waals surface area contributed by atoms with Crippen LogP contribution >= 0.6 is 0 Å². The number of carbonyl (C=O) groups excluding carboxylic acids is 1. The van der Waals surface area contributed by atoms with Crippen molar-refractivity contribution in [2.24, 2.45) is 0 Å². The number of amides is 1. The third-order valence-corrected chi connectivity index (χ3v) is 5.33. The first kappa shape index (κ1) is 20.2. The van der Waals surface area contributed by atoms with Crippen LogP contribution in [0.1, 0.15) is 27.7 Å². The minimum Gasteiger partial charge on any atom is -0.493 e. The van der Waals surface area contributed by atoms with Crippen LogP contribution in [0.15, 0.2) is 60.7 Å². The molecule has 3 aromatic carbocycles. The van der Waals surface area contributed by atoms with Gasteiger partial charge >= 0.3 is 0 Å². The van der Waals surface area contributed by atoms with Crippen LogP contribution in [0.2, 0.25) is 0 Å². The lowest BCUT2D eigenvalue weighted by Crippen LogP contribution is -2.43. The van der Waals surface area contributed by atoms with Crippen molar-refractivity contribution in [1.82, 2.24) is 0 Å². The van der Waals surface area contributed by atoms with Gasteiger partial charge in [0.05, 0.1) is 36.3 Å². The number of nitro benzene ring substituents is 1. The van der Waals surface area contributed by atoms with E-state index in [9.17, 15) is 14.9 Å². The quantitative estimate of drug-likeness (QED) is 0.476. The van der Waals surface area contributed by atoms with Crippen LogP contribution in [0.5, 0.6) is 11.5 Å². The Hall–Kier alpha value is -4.07. The smallest absolute Gasteiger partial charge is 0.280 e. The number of rotatable bonds is 5. The molecule has 0 aromatic heterocycles. The van der Waals surface area contributed by atoms with E-state index in [4.69, 9.17) is 9.47 Å². The highest BCUT2D eigenvalue weighted by Gasteiger charge is 2.38. The van der Waals surface area contributed by atoms with E-state index < -0.39 is 11.1 Å². The van der Waals surface area contributed by atoms with Crippen molar-refractivity contribution < 1.29 is 19.2 Å². The molecule has 1 aliphatic heterocycles. The number of nitro groups is 1. The summed E-state index contributed by atoms with van der Waals surface area (Å²) in [6.45, 7) is 1.89. The summed E-state index contributed by atoms with van der Waals surface area (Å²) in [5.41, 5.74) is 2.72. The summed E-state index contributed by atoms with van der Waals surface area (Å²) >= 11 is 0. The lowest BCUT2D eigenvalue weighted by atomic mass is 10.00. The van der Waals surface area contributed by atoms with Gasteiger partial charge in [-0.2, -0.15) is 0 Å². The van der Waals surface area contributed by atoms with Gasteiger partial charge < -0.3 is 14.8 Å². The number of benzene rings is 3. The van der Waals surface area contributed by atoms with E-state index in [1.165, 1.54) is 20.3 Å². The fourth-order valence-corrected chi connectivity index (χ4v) is 3.81. The first-order valence-electron chi connectivity index (χ1n) is 9.61. The van der Waals surface area contributed by atoms with Crippen LogP contribution in [0.25, 0.3) is 0 Å². The molecule has 3 aromatic rings. The Labute approximate surface area is 179 Å². The molecule has 1 aliphatic rings. The number of aryl methyl sites for hydroxylation is 1. The van der Waals surface area contributed by atoms with Crippen LogP contribution in [-0.4, -0.2) is 25.1 Å². The second-order valence-electron chi connectivity index (χ2n) is 7.08. The Balaban J connectivity index is 1.98. The Morgan fingerprint density at radius 1 is 1.00 bits per heavy atom. The lowest BCUT2D eigenvalue weighted by molar-refractivity contribution is -0.385. The summed E-state index contributed by atoms with van der Waals surface area (Å²) in [6.07, 6.45) is -0.830. The van der Waals surface area contributed by atoms with Crippen molar-refractivity contribution in [3.8, 4) is 11.5 Å². The third-order valence-electron chi connectivity index (χ3n) is 5.33. The number of carbonyl (C=O) groups is 1. The minimum absolute atomic E-state index is 0.180. The Bertz CT molecular complexity index is 1180. The predicted molar refractivity (Wildman–Crippen MR) is 117 cm³/mol. The van der Waals surface area contributed by atoms with E-state index >= 15 is 0 Å². The maximum Gasteiger partial charge on any atom is 0.280 e. The van der Waals surface area contributed by atoms with Gasteiger partial charge in [-0.3, -0.25) is 19.8 Å². The maximum atomic E-state index is 13.6. The molecule has 0 unspecified atom stereocenters. The second kappa shape index (κ2) is 7.98. The zero-order valence-corrected chi connectivity index (χ0v) is 17.3. The van der Waals surface area contributed by atoms with E-state index in [0.717, 1.165) is 5.56 Å². The Kier molecular flexibility index (Phi) is 5.21. The summed E-state index contributed by atoms with van der Waals surface area (Å²) in [7, 11) is 2.88. The van der Waals surface area contributed by atoms with Gasteiger partial charge in [-0.1, -0.05) is 30.3 Å². The van der Waals surface area contributed by atoms with Crippen LogP contribution < -0.4 is 19.7 Å². The highest BCUT2D eigenvalue weighted by molar-refractivity contribution is 6.12. The monoisotopic (exact) mass is 419 g/mol. The highest BCUT2D eigenvalue weighted by atomic mass is 16.6. The zero-order chi connectivity index (χ0) is 22.1. The topological polar surface area (TPSA) is 93.9 Å². The molecule has 1 atom stereocenters. The molecule has 0 saturated carbocycles. The molecule has 1 heterocycles. The SMILES string of the molecule is COc1cc([C@@H]2Nc3ccccc3C(=O)N2c2ccccc2C)c([N+](=O)[O-])cc1OC. The number of anilines is 2. The molecule has 0 fully saturated rings. The van der Waals surface area contributed by atoms with Crippen molar-refractivity contribution in [2.45, 2.75) is 13.1 Å². The number of fused-ring (bicyclic) bond motifs is 1. The van der Waals surface area contributed by atoms with E-state index in [1.54, 1.807) is 29.2 Å². The molecule has 4 rings (SSSR count). The molecule has 0 bridgehead atoms. The average Bonchev–Trinajstić information content (AvgIpc) is 2.78. The highest BCUT2D eigenvalue weighted by Crippen LogP contribution is 2.44. The summed E-state index contributed by atoms with van der Waals surface area (Å²) < 4.78 is 10.6. The van der Waals surface area contributed by atoms with Crippen LogP contribution in [0.4, 0.5) is 17.1 Å². The van der Waals surface area contributed by atoms with Gasteiger partial charge in [-0.25, -0.2) is 0 Å². The van der Waals surface area contributed by atoms with Crippen molar-refractivity contribution in [2.75, 3.05) is 24.4 Å². The van der Waals surface area contributed by atoms with Crippen molar-refractivity contribution in [1.29, 1.82) is 0 Å². The molecular formula is C23H21N3O5. The van der Waals surface area contributed by atoms with Crippen molar-refractivity contribution in [3.05, 3.63) is 87.5 Å². The molecule has 1 amide bonds. The largest absolute Gasteiger partial charge is 0.493 e. The Morgan fingerprint density at radius 3 is 2.32 bits per heavy atom. The number of nitrogens with one attached hydrogen (secondary N) is 1. The van der Waals surface area contributed by atoms with Gasteiger partial charge in [0, 0.05) is 11.4 Å². The van der Waals surface area contributed by atoms with Crippen LogP contribution in [0, 0.1) is 17.0 Å². The Morgan fingerprint density at radius 2 is 1.65 bits per heavy atom. The number of nitrogens with zero attached hydrogens (tertiary/aromatic N) is 2. The van der Waals surface area contributed by atoms with E-state index in [2.05, 4.69) is 5.32 Å². The third kappa shape index (κ3) is 3.42. The number of hydrogen-bond acceptors (Lipinski definition) is 6. The summed E-state index contributed by atoms with van der Waals surface area (Å²) in [4.78, 5) is 26.6. The van der Waals surface area contributed by atoms with Gasteiger partial charge in [0.2, 0.25) is 0 Å². The van der Waals surface area contributed by atoms with Gasteiger partial charge in [0.15, 0.2) is 11.5 Å². The molecule has 1 N–H and O–H groups in total. The van der Waals surface area contributed by atoms with Gasteiger partial charge in [0.1, 0.15) is 6.17 Å². The molecule has 158 valence electrons. The number of ether oxygens (including phenoxy) is 2. The fourth-order valence-electron chi connectivity index (χ4n) is 3.81. The van der Waals surface area contributed by atoms with Gasteiger partial charge in [-0.05, 0) is 36.8 Å². The average molecular weight is 419 g/mol. The second-order valence-corrected chi connectivity index (χ2v) is 7.08. The van der Waals surface area contributed by atoms with Crippen molar-refractivity contribution in [3.63, 3.8) is 0 Å². The van der Waals surface area contributed by atoms with Crippen LogP contribution in [0.3, 0.4) is 0 Å². The number of methoxy groups -OCH3 is 2. The lowest BCUT2D eigenvalue weighted by Gasteiger charge is -2.38. The fraction of sp³-hybridized carbons (Fsp3) is 0.174. The summed E-state index contributed by atoms with van der Waals surface area (Å²) in [6, 6.07) is 17.4. The minimum atomic E-state index is -0.830. The standard InChI is InChI=1S/C23H21N3O5/c1-14-8-4-7-11-18(14)25-22(24-17-10-6-5-9-15(17)23(25)27)16-12-20(30-2)21(31-3)13-19(16)26(28)29/h4-13,22,24H,1-3H3/t22-/m1/s1. The van der Waals surface area contributed by atoms with Gasteiger partial charge in [0.25, 0.3) is 11.6 Å².